The predicted octanol–water partition coefficient (Wildman–Crippen LogP) is 4.19. The molecule has 0 spiro atoms. The standard InChI is InChI=1S/C20H19Cl2F3N4O3/c1-11-2-15(26-4-13(11)21)32-6-12(30)3-18-7-19(8-18,9-18)28-14-5-27-29(10-20(23,24)25)17(31)16(14)22/h2,4-5,28H,3,6-10H2,1H3. The van der Waals surface area contributed by atoms with Crippen molar-refractivity contribution in [1.29, 1.82) is 0 Å². The molecule has 0 aliphatic heterocycles. The number of carbonyl (C=O) groups is 1. The normalized spacial score (nSPS) is 23.8. The third kappa shape index (κ3) is 4.56. The van der Waals surface area contributed by atoms with E-state index in [1.807, 2.05) is 6.92 Å². The van der Waals surface area contributed by atoms with Gasteiger partial charge < -0.3 is 10.1 Å². The summed E-state index contributed by atoms with van der Waals surface area (Å²) in [5.41, 5.74) is -0.474. The van der Waals surface area contributed by atoms with E-state index in [0.717, 1.165) is 11.8 Å². The smallest absolute Gasteiger partial charge is 0.408 e. The Kier molecular flexibility index (Phi) is 5.65. The summed E-state index contributed by atoms with van der Waals surface area (Å²) in [7, 11) is 0. The number of aromatic nitrogens is 3. The Balaban J connectivity index is 1.29. The van der Waals surface area contributed by atoms with E-state index in [2.05, 4.69) is 15.4 Å². The van der Waals surface area contributed by atoms with Crippen molar-refractivity contribution >= 4 is 34.7 Å². The lowest BCUT2D eigenvalue weighted by Gasteiger charge is -2.71. The third-order valence-corrected chi connectivity index (χ3v) is 6.59. The largest absolute Gasteiger partial charge is 0.470 e. The van der Waals surface area contributed by atoms with E-state index >= 15 is 0 Å². The van der Waals surface area contributed by atoms with Crippen LogP contribution in [0.25, 0.3) is 0 Å². The minimum atomic E-state index is -4.58. The number of aryl methyl sites for hydroxylation is 1. The second kappa shape index (κ2) is 7.91. The molecule has 3 aliphatic carbocycles. The van der Waals surface area contributed by atoms with Gasteiger partial charge in [0.25, 0.3) is 5.56 Å². The van der Waals surface area contributed by atoms with E-state index in [1.165, 1.54) is 6.20 Å². The van der Waals surface area contributed by atoms with Crippen molar-refractivity contribution in [2.24, 2.45) is 5.41 Å². The van der Waals surface area contributed by atoms with Gasteiger partial charge in [-0.25, -0.2) is 9.67 Å². The van der Waals surface area contributed by atoms with Crippen LogP contribution in [0.3, 0.4) is 0 Å². The Morgan fingerprint density at radius 2 is 1.97 bits per heavy atom. The average molecular weight is 491 g/mol. The first kappa shape index (κ1) is 22.8. The fourth-order valence-electron chi connectivity index (χ4n) is 4.65. The second-order valence-corrected chi connectivity index (χ2v) is 9.45. The third-order valence-electron chi connectivity index (χ3n) is 5.83. The molecule has 5 rings (SSSR count). The summed E-state index contributed by atoms with van der Waals surface area (Å²) in [6.07, 6.45) is 0.428. The van der Waals surface area contributed by atoms with Crippen molar-refractivity contribution in [3.8, 4) is 5.88 Å². The molecule has 1 N–H and O–H groups in total. The second-order valence-electron chi connectivity index (χ2n) is 8.66. The fraction of sp³-hybridized carbons (Fsp3) is 0.500. The van der Waals surface area contributed by atoms with Gasteiger partial charge in [-0.3, -0.25) is 9.59 Å². The summed E-state index contributed by atoms with van der Waals surface area (Å²) in [5, 5.41) is 6.88. The van der Waals surface area contributed by atoms with Crippen molar-refractivity contribution < 1.29 is 22.7 Å². The number of hydrogen-bond donors (Lipinski definition) is 1. The number of rotatable bonds is 8. The first-order valence-electron chi connectivity index (χ1n) is 9.77. The number of ketones is 1. The highest BCUT2D eigenvalue weighted by Gasteiger charge is 2.68. The highest BCUT2D eigenvalue weighted by Crippen LogP contribution is 2.70. The molecule has 2 aromatic heterocycles. The van der Waals surface area contributed by atoms with Gasteiger partial charge in [-0.15, -0.1) is 0 Å². The number of hydrogen-bond acceptors (Lipinski definition) is 6. The number of pyridine rings is 1. The van der Waals surface area contributed by atoms with Crippen LogP contribution in [0.4, 0.5) is 18.9 Å². The molecular weight excluding hydrogens is 472 g/mol. The van der Waals surface area contributed by atoms with Gasteiger partial charge in [-0.1, -0.05) is 23.2 Å². The number of carbonyl (C=O) groups excluding carboxylic acids is 1. The van der Waals surface area contributed by atoms with Crippen molar-refractivity contribution in [3.05, 3.63) is 44.4 Å². The van der Waals surface area contributed by atoms with Gasteiger partial charge in [0.2, 0.25) is 5.88 Å². The lowest BCUT2D eigenvalue weighted by molar-refractivity contribution is -0.147. The lowest BCUT2D eigenvalue weighted by atomic mass is 9.38. The number of anilines is 1. The molecule has 3 aliphatic rings. The summed E-state index contributed by atoms with van der Waals surface area (Å²) < 4.78 is 43.3. The molecule has 172 valence electrons. The highest BCUT2D eigenvalue weighted by atomic mass is 35.5. The average Bonchev–Trinajstić information content (AvgIpc) is 2.64. The zero-order valence-electron chi connectivity index (χ0n) is 16.9. The fourth-order valence-corrected chi connectivity index (χ4v) is 4.95. The molecule has 2 bridgehead atoms. The van der Waals surface area contributed by atoms with Crippen molar-refractivity contribution in [1.82, 2.24) is 14.8 Å². The molecule has 0 saturated heterocycles. The van der Waals surface area contributed by atoms with Gasteiger partial charge in [-0.05, 0) is 37.2 Å². The molecule has 0 radical (unpaired) electrons. The number of nitrogens with zero attached hydrogens (tertiary/aromatic N) is 3. The van der Waals surface area contributed by atoms with Crippen LogP contribution in [0, 0.1) is 12.3 Å². The molecule has 0 unspecified atom stereocenters. The first-order valence-corrected chi connectivity index (χ1v) is 10.5. The number of halogens is 5. The van der Waals surface area contributed by atoms with Gasteiger partial charge in [0.05, 0.1) is 16.9 Å². The molecule has 7 nitrogen and oxygen atoms in total. The topological polar surface area (TPSA) is 86.1 Å². The lowest BCUT2D eigenvalue weighted by Crippen LogP contribution is -2.71. The van der Waals surface area contributed by atoms with E-state index < -0.39 is 18.3 Å². The van der Waals surface area contributed by atoms with Crippen molar-refractivity contribution in [3.63, 3.8) is 0 Å². The van der Waals surface area contributed by atoms with Crippen LogP contribution >= 0.6 is 23.2 Å². The Morgan fingerprint density at radius 1 is 1.28 bits per heavy atom. The van der Waals surface area contributed by atoms with Gasteiger partial charge >= 0.3 is 6.18 Å². The van der Waals surface area contributed by atoms with E-state index in [4.69, 9.17) is 27.9 Å². The van der Waals surface area contributed by atoms with E-state index in [-0.39, 0.29) is 38.7 Å². The van der Waals surface area contributed by atoms with Crippen molar-refractivity contribution in [2.75, 3.05) is 11.9 Å². The molecule has 32 heavy (non-hydrogen) atoms. The molecule has 3 fully saturated rings. The van der Waals surface area contributed by atoms with Crippen LogP contribution < -0.4 is 15.6 Å². The number of Topliss-reactive ketones (excluding diaryl/α,β-unsaturated/α-hetero) is 1. The van der Waals surface area contributed by atoms with Gasteiger partial charge in [0, 0.05) is 24.2 Å². The number of nitrogens with one attached hydrogen (secondary N) is 1. The zero-order valence-corrected chi connectivity index (χ0v) is 18.4. The van der Waals surface area contributed by atoms with Crippen LogP contribution in [-0.4, -0.2) is 38.9 Å². The van der Waals surface area contributed by atoms with Crippen LogP contribution in [0.15, 0.2) is 23.3 Å². The van der Waals surface area contributed by atoms with Crippen LogP contribution in [0.5, 0.6) is 5.88 Å². The number of alkyl halides is 3. The van der Waals surface area contributed by atoms with Crippen LogP contribution in [-0.2, 0) is 11.3 Å². The van der Waals surface area contributed by atoms with E-state index in [9.17, 15) is 22.8 Å². The maximum Gasteiger partial charge on any atom is 0.408 e. The van der Waals surface area contributed by atoms with Crippen LogP contribution in [0.1, 0.15) is 31.2 Å². The van der Waals surface area contributed by atoms with Crippen LogP contribution in [0.2, 0.25) is 10.0 Å². The maximum absolute atomic E-state index is 12.5. The zero-order chi connectivity index (χ0) is 23.3. The quantitative estimate of drug-likeness (QED) is 0.596. The Hall–Kier alpha value is -2.33. The van der Waals surface area contributed by atoms with E-state index in [1.54, 1.807) is 6.07 Å². The summed E-state index contributed by atoms with van der Waals surface area (Å²) in [6, 6.07) is 1.66. The molecule has 2 heterocycles. The monoisotopic (exact) mass is 490 g/mol. The minimum absolute atomic E-state index is 0.0536. The molecule has 12 heteroatoms. The van der Waals surface area contributed by atoms with Gasteiger partial charge in [-0.2, -0.15) is 18.3 Å². The Labute approximate surface area is 190 Å². The summed E-state index contributed by atoms with van der Waals surface area (Å²) in [6.45, 7) is 0.214. The SMILES string of the molecule is Cc1cc(OCC(=O)CC23CC(Nc4cnn(CC(F)(F)F)c(=O)c4Cl)(C2)C3)ncc1Cl. The van der Waals surface area contributed by atoms with Gasteiger partial charge in [0.1, 0.15) is 18.2 Å². The van der Waals surface area contributed by atoms with Gasteiger partial charge in [0.15, 0.2) is 5.78 Å². The molecule has 0 atom stereocenters. The Morgan fingerprint density at radius 3 is 2.59 bits per heavy atom. The summed E-state index contributed by atoms with van der Waals surface area (Å²) >= 11 is 11.9. The molecule has 0 amide bonds. The maximum atomic E-state index is 12.5. The molecule has 0 aromatic carbocycles. The van der Waals surface area contributed by atoms with Crippen molar-refractivity contribution in [2.45, 2.75) is 50.9 Å². The summed E-state index contributed by atoms with van der Waals surface area (Å²) in [5.74, 6) is 0.278. The molecular formula is C20H19Cl2F3N4O3. The highest BCUT2D eigenvalue weighted by molar-refractivity contribution is 6.33. The molecule has 2 aromatic rings. The first-order chi connectivity index (χ1) is 14.9. The molecule has 3 saturated carbocycles. The predicted molar refractivity (Wildman–Crippen MR) is 111 cm³/mol. The van der Waals surface area contributed by atoms with E-state index in [0.29, 0.717) is 36.6 Å². The minimum Gasteiger partial charge on any atom is -0.470 e. The number of ether oxygens (including phenoxy) is 1. The Bertz CT molecular complexity index is 1120. The summed E-state index contributed by atoms with van der Waals surface area (Å²) in [4.78, 5) is 28.4.